The Bertz CT molecular complexity index is 1500. The first-order valence-corrected chi connectivity index (χ1v) is 11.1. The Balaban J connectivity index is 1.59. The fraction of sp³-hybridized carbons (Fsp3) is 0.111. The van der Waals surface area contributed by atoms with E-state index in [0.29, 0.717) is 12.0 Å². The largest absolute Gasteiger partial charge is 0.453 e. The number of nitrogen functional groups attached to an aromatic ring is 1. The number of aromatic nitrogens is 3. The third kappa shape index (κ3) is 5.56. The first-order valence-electron chi connectivity index (χ1n) is 11.1. The average Bonchev–Trinajstić information content (AvgIpc) is 3.32. The van der Waals surface area contributed by atoms with Crippen LogP contribution < -0.4 is 15.8 Å². The van der Waals surface area contributed by atoms with E-state index < -0.39 is 17.7 Å². The normalized spacial score (nSPS) is 10.9. The molecule has 3 N–H and O–H groups in total. The predicted octanol–water partition coefficient (Wildman–Crippen LogP) is 6.64. The molecule has 0 bridgehead atoms. The molecule has 0 atom stereocenters. The van der Waals surface area contributed by atoms with Gasteiger partial charge in [-0.2, -0.15) is 18.3 Å². The quantitative estimate of drug-likeness (QED) is 0.226. The second-order valence-electron chi connectivity index (χ2n) is 7.73. The lowest BCUT2D eigenvalue weighted by Gasteiger charge is -2.15. The fourth-order valence-electron chi connectivity index (χ4n) is 3.48. The molecule has 0 saturated heterocycles. The molecule has 0 unspecified atom stereocenters. The number of hydrogen-bond donors (Lipinski definition) is 2. The van der Waals surface area contributed by atoms with Gasteiger partial charge < -0.3 is 15.8 Å². The van der Waals surface area contributed by atoms with E-state index in [1.165, 1.54) is 36.5 Å². The van der Waals surface area contributed by atoms with Gasteiger partial charge in [-0.25, -0.2) is 14.1 Å². The summed E-state index contributed by atoms with van der Waals surface area (Å²) >= 11 is 0. The zero-order valence-corrected chi connectivity index (χ0v) is 19.6. The molecular weight excluding hydrogens is 486 g/mol. The SMILES string of the molecule is C=C(Nc1ccc(Oc2ccnc(N)c2C#CCC)c(F)c1)c1cnn(-c2ccccc2)c1C(F)(F)F. The maximum atomic E-state index is 14.9. The lowest BCUT2D eigenvalue weighted by atomic mass is 10.1. The van der Waals surface area contributed by atoms with Crippen LogP contribution in [-0.4, -0.2) is 14.8 Å². The van der Waals surface area contributed by atoms with Crippen molar-refractivity contribution in [3.63, 3.8) is 0 Å². The summed E-state index contributed by atoms with van der Waals surface area (Å²) in [5.74, 6) is 5.19. The van der Waals surface area contributed by atoms with E-state index in [-0.39, 0.29) is 40.0 Å². The maximum Gasteiger partial charge on any atom is 0.434 e. The molecule has 0 amide bonds. The second-order valence-corrected chi connectivity index (χ2v) is 7.73. The zero-order chi connectivity index (χ0) is 26.6. The van der Waals surface area contributed by atoms with E-state index in [9.17, 15) is 17.6 Å². The molecule has 37 heavy (non-hydrogen) atoms. The molecule has 0 spiro atoms. The number of anilines is 2. The van der Waals surface area contributed by atoms with Crippen LogP contribution in [0, 0.1) is 17.7 Å². The minimum absolute atomic E-state index is 0.110. The number of nitrogens with zero attached hydrogens (tertiary/aromatic N) is 3. The number of rotatable bonds is 6. The molecule has 0 aliphatic heterocycles. The van der Waals surface area contributed by atoms with Crippen molar-refractivity contribution in [3.8, 4) is 29.0 Å². The number of alkyl halides is 3. The first-order chi connectivity index (χ1) is 17.7. The van der Waals surface area contributed by atoms with Gasteiger partial charge in [0.25, 0.3) is 0 Å². The molecule has 188 valence electrons. The van der Waals surface area contributed by atoms with Crippen LogP contribution in [0.25, 0.3) is 11.4 Å². The third-order valence-corrected chi connectivity index (χ3v) is 5.14. The summed E-state index contributed by atoms with van der Waals surface area (Å²) < 4.78 is 63.2. The van der Waals surface area contributed by atoms with Crippen molar-refractivity contribution >= 4 is 17.2 Å². The first kappa shape index (κ1) is 25.3. The van der Waals surface area contributed by atoms with Crippen LogP contribution in [0.5, 0.6) is 11.5 Å². The molecule has 2 aromatic heterocycles. The highest BCUT2D eigenvalue weighted by Crippen LogP contribution is 2.37. The lowest BCUT2D eigenvalue weighted by Crippen LogP contribution is -2.16. The molecule has 10 heteroatoms. The highest BCUT2D eigenvalue weighted by Gasteiger charge is 2.39. The number of ether oxygens (including phenoxy) is 1. The second kappa shape index (κ2) is 10.5. The number of pyridine rings is 1. The van der Waals surface area contributed by atoms with Crippen molar-refractivity contribution in [2.45, 2.75) is 19.5 Å². The predicted molar refractivity (Wildman–Crippen MR) is 134 cm³/mol. The van der Waals surface area contributed by atoms with Gasteiger partial charge in [0, 0.05) is 41.7 Å². The molecular formula is C27H21F4N5O. The molecule has 0 aliphatic rings. The molecule has 2 heterocycles. The van der Waals surface area contributed by atoms with Gasteiger partial charge in [0.1, 0.15) is 17.1 Å². The summed E-state index contributed by atoms with van der Waals surface area (Å²) in [6, 6.07) is 13.3. The van der Waals surface area contributed by atoms with Gasteiger partial charge in [-0.3, -0.25) is 0 Å². The van der Waals surface area contributed by atoms with E-state index >= 15 is 0 Å². The molecule has 0 fully saturated rings. The highest BCUT2D eigenvalue weighted by molar-refractivity contribution is 5.77. The van der Waals surface area contributed by atoms with Crippen LogP contribution in [0.4, 0.5) is 29.1 Å². The van der Waals surface area contributed by atoms with Crippen LogP contribution in [-0.2, 0) is 6.18 Å². The number of para-hydroxylation sites is 1. The topological polar surface area (TPSA) is 78.0 Å². The van der Waals surface area contributed by atoms with E-state index in [1.54, 1.807) is 18.2 Å². The fourth-order valence-corrected chi connectivity index (χ4v) is 3.48. The summed E-state index contributed by atoms with van der Waals surface area (Å²) in [6.07, 6.45) is -1.67. The smallest absolute Gasteiger partial charge is 0.434 e. The molecule has 0 aliphatic carbocycles. The monoisotopic (exact) mass is 507 g/mol. The Labute approximate surface area is 210 Å². The van der Waals surface area contributed by atoms with Gasteiger partial charge >= 0.3 is 6.18 Å². The Kier molecular flexibility index (Phi) is 7.15. The molecule has 6 nitrogen and oxygen atoms in total. The minimum Gasteiger partial charge on any atom is -0.453 e. The minimum atomic E-state index is -4.72. The van der Waals surface area contributed by atoms with Crippen LogP contribution in [0.15, 0.2) is 73.6 Å². The van der Waals surface area contributed by atoms with Crippen molar-refractivity contribution in [1.29, 1.82) is 0 Å². The Morgan fingerprint density at radius 1 is 1.14 bits per heavy atom. The van der Waals surface area contributed by atoms with E-state index in [2.05, 4.69) is 33.8 Å². The van der Waals surface area contributed by atoms with Crippen molar-refractivity contribution in [1.82, 2.24) is 14.8 Å². The van der Waals surface area contributed by atoms with Gasteiger partial charge in [-0.05, 0) is 24.3 Å². The number of halogens is 4. The van der Waals surface area contributed by atoms with Crippen molar-refractivity contribution in [2.24, 2.45) is 0 Å². The standard InChI is InChI=1S/C27H21F4N5O/c1-3-4-10-20-23(13-14-33-26(20)32)37-24-12-11-18(15-22(24)28)35-17(2)21-16-34-36(25(21)27(29,30)31)19-8-6-5-7-9-19/h5-9,11-16,35H,2-3H2,1H3,(H2,32,33). The van der Waals surface area contributed by atoms with Gasteiger partial charge in [-0.15, -0.1) is 0 Å². The van der Waals surface area contributed by atoms with Crippen LogP contribution in [0.3, 0.4) is 0 Å². The van der Waals surface area contributed by atoms with Gasteiger partial charge in [-0.1, -0.05) is 43.5 Å². The summed E-state index contributed by atoms with van der Waals surface area (Å²) in [4.78, 5) is 3.97. The lowest BCUT2D eigenvalue weighted by molar-refractivity contribution is -0.143. The van der Waals surface area contributed by atoms with E-state index in [1.807, 2.05) is 6.92 Å². The summed E-state index contributed by atoms with van der Waals surface area (Å²) in [6.45, 7) is 5.58. The molecule has 4 rings (SSSR count). The maximum absolute atomic E-state index is 14.9. The molecule has 0 saturated carbocycles. The van der Waals surface area contributed by atoms with E-state index in [4.69, 9.17) is 10.5 Å². The van der Waals surface area contributed by atoms with Gasteiger partial charge in [0.05, 0.1) is 11.9 Å². The number of hydrogen-bond acceptors (Lipinski definition) is 5. The number of benzene rings is 2. The van der Waals surface area contributed by atoms with Crippen LogP contribution >= 0.6 is 0 Å². The molecule has 4 aromatic rings. The zero-order valence-electron chi connectivity index (χ0n) is 19.6. The Hall–Kier alpha value is -4.78. The van der Waals surface area contributed by atoms with Crippen LogP contribution in [0.2, 0.25) is 0 Å². The van der Waals surface area contributed by atoms with Crippen molar-refractivity contribution in [3.05, 3.63) is 96.2 Å². The van der Waals surface area contributed by atoms with Gasteiger partial charge in [0.15, 0.2) is 17.3 Å². The molecule has 0 radical (unpaired) electrons. The number of nitrogens with two attached hydrogens (primary N) is 1. The van der Waals surface area contributed by atoms with Crippen LogP contribution in [0.1, 0.15) is 30.2 Å². The Morgan fingerprint density at radius 3 is 2.57 bits per heavy atom. The number of nitrogens with one attached hydrogen (secondary N) is 1. The highest BCUT2D eigenvalue weighted by atomic mass is 19.4. The molecule has 2 aromatic carbocycles. The average molecular weight is 507 g/mol. The van der Waals surface area contributed by atoms with E-state index in [0.717, 1.165) is 16.9 Å². The third-order valence-electron chi connectivity index (χ3n) is 5.14. The van der Waals surface area contributed by atoms with Crippen molar-refractivity contribution < 1.29 is 22.3 Å². The van der Waals surface area contributed by atoms with Gasteiger partial charge in [0.2, 0.25) is 0 Å². The summed E-state index contributed by atoms with van der Waals surface area (Å²) in [5.41, 5.74) is 5.21. The summed E-state index contributed by atoms with van der Waals surface area (Å²) in [7, 11) is 0. The van der Waals surface area contributed by atoms with Crippen molar-refractivity contribution in [2.75, 3.05) is 11.1 Å². The summed E-state index contributed by atoms with van der Waals surface area (Å²) in [5, 5.41) is 6.63. The Morgan fingerprint density at radius 2 is 1.89 bits per heavy atom.